The predicted octanol–water partition coefficient (Wildman–Crippen LogP) is 1.53. The Morgan fingerprint density at radius 1 is 1.42 bits per heavy atom. The van der Waals surface area contributed by atoms with Gasteiger partial charge in [-0.3, -0.25) is 9.48 Å². The lowest BCUT2D eigenvalue weighted by atomic mass is 10.1. The molecular weight excluding hydrogens is 246 g/mol. The van der Waals surface area contributed by atoms with E-state index in [1.54, 1.807) is 9.58 Å². The van der Waals surface area contributed by atoms with E-state index in [0.29, 0.717) is 25.2 Å². The van der Waals surface area contributed by atoms with Gasteiger partial charge in [-0.2, -0.15) is 5.10 Å². The molecule has 0 N–H and O–H groups in total. The van der Waals surface area contributed by atoms with E-state index in [2.05, 4.69) is 5.10 Å². The molecule has 0 unspecified atom stereocenters. The molecule has 1 amide bonds. The van der Waals surface area contributed by atoms with Gasteiger partial charge < -0.3 is 9.64 Å². The third-order valence-corrected chi connectivity index (χ3v) is 3.04. The Hall–Kier alpha value is -1.85. The van der Waals surface area contributed by atoms with Crippen LogP contribution >= 0.6 is 0 Å². The summed E-state index contributed by atoms with van der Waals surface area (Å²) in [5.41, 5.74) is 1.74. The van der Waals surface area contributed by atoms with Crippen LogP contribution in [0.25, 0.3) is 0 Å². The van der Waals surface area contributed by atoms with Gasteiger partial charge in [0.25, 0.3) is 0 Å². The third-order valence-electron chi connectivity index (χ3n) is 3.04. The fourth-order valence-electron chi connectivity index (χ4n) is 2.20. The topological polar surface area (TPSA) is 64.4 Å². The van der Waals surface area contributed by atoms with Crippen LogP contribution in [0.1, 0.15) is 42.5 Å². The average molecular weight is 265 g/mol. The van der Waals surface area contributed by atoms with Gasteiger partial charge >= 0.3 is 6.09 Å². The molecule has 19 heavy (non-hydrogen) atoms. The SMILES string of the molecule is Cn1nc(C=O)c2c1CCN(C(=O)OC(C)(C)C)C2. The van der Waals surface area contributed by atoms with Crippen molar-refractivity contribution < 1.29 is 14.3 Å². The lowest BCUT2D eigenvalue weighted by Crippen LogP contribution is -2.40. The van der Waals surface area contributed by atoms with Crippen LogP contribution in [0.4, 0.5) is 4.79 Å². The van der Waals surface area contributed by atoms with Crippen molar-refractivity contribution >= 4 is 12.4 Å². The van der Waals surface area contributed by atoms with E-state index in [1.807, 2.05) is 27.8 Å². The Bertz CT molecular complexity index is 514. The highest BCUT2D eigenvalue weighted by Gasteiger charge is 2.29. The fraction of sp³-hybridized carbons (Fsp3) is 0.615. The Morgan fingerprint density at radius 3 is 2.68 bits per heavy atom. The standard InChI is InChI=1S/C13H19N3O3/c1-13(2,3)19-12(18)16-6-5-11-9(7-16)10(8-17)14-15(11)4/h8H,5-7H2,1-4H3. The van der Waals surface area contributed by atoms with E-state index >= 15 is 0 Å². The molecule has 6 heteroatoms. The number of hydrogen-bond donors (Lipinski definition) is 0. The molecule has 1 aliphatic rings. The summed E-state index contributed by atoms with van der Waals surface area (Å²) in [4.78, 5) is 24.6. The van der Waals surface area contributed by atoms with Crippen molar-refractivity contribution in [1.82, 2.24) is 14.7 Å². The van der Waals surface area contributed by atoms with Crippen molar-refractivity contribution in [2.75, 3.05) is 6.54 Å². The van der Waals surface area contributed by atoms with Crippen LogP contribution in [0.5, 0.6) is 0 Å². The highest BCUT2D eigenvalue weighted by atomic mass is 16.6. The zero-order chi connectivity index (χ0) is 14.2. The van der Waals surface area contributed by atoms with Gasteiger partial charge in [-0.1, -0.05) is 0 Å². The number of aryl methyl sites for hydroxylation is 1. The molecule has 2 heterocycles. The number of ether oxygens (including phenoxy) is 1. The van der Waals surface area contributed by atoms with Crippen LogP contribution in [0, 0.1) is 0 Å². The second kappa shape index (κ2) is 4.68. The zero-order valence-corrected chi connectivity index (χ0v) is 11.8. The maximum absolute atomic E-state index is 12.0. The summed E-state index contributed by atoms with van der Waals surface area (Å²) in [6.45, 7) is 6.47. The lowest BCUT2D eigenvalue weighted by molar-refractivity contribution is 0.0222. The van der Waals surface area contributed by atoms with Gasteiger partial charge in [0.1, 0.15) is 11.3 Å². The molecular formula is C13H19N3O3. The Balaban J connectivity index is 2.18. The number of aldehydes is 1. The highest BCUT2D eigenvalue weighted by Crippen LogP contribution is 2.22. The summed E-state index contributed by atoms with van der Waals surface area (Å²) >= 11 is 0. The van der Waals surface area contributed by atoms with Gasteiger partial charge in [0.05, 0.1) is 6.54 Å². The Labute approximate surface area is 112 Å². The summed E-state index contributed by atoms with van der Waals surface area (Å²) < 4.78 is 7.06. The number of carbonyl (C=O) groups is 2. The Kier molecular flexibility index (Phi) is 3.34. The van der Waals surface area contributed by atoms with Crippen molar-refractivity contribution in [3.63, 3.8) is 0 Å². The maximum atomic E-state index is 12.0. The molecule has 1 aromatic rings. The largest absolute Gasteiger partial charge is 0.444 e. The first-order valence-corrected chi connectivity index (χ1v) is 6.29. The molecule has 0 radical (unpaired) electrons. The molecule has 2 rings (SSSR count). The number of aromatic nitrogens is 2. The molecule has 1 aliphatic heterocycles. The first kappa shape index (κ1) is 13.6. The van der Waals surface area contributed by atoms with Gasteiger partial charge in [0.15, 0.2) is 6.29 Å². The van der Waals surface area contributed by atoms with Crippen molar-refractivity contribution in [2.45, 2.75) is 39.3 Å². The van der Waals surface area contributed by atoms with Crippen molar-refractivity contribution in [2.24, 2.45) is 7.05 Å². The number of carbonyl (C=O) groups excluding carboxylic acids is 2. The molecule has 0 spiro atoms. The summed E-state index contributed by atoms with van der Waals surface area (Å²) in [6, 6.07) is 0. The molecule has 0 aliphatic carbocycles. The van der Waals surface area contributed by atoms with Crippen LogP contribution in [0.15, 0.2) is 0 Å². The summed E-state index contributed by atoms with van der Waals surface area (Å²) in [6.07, 6.45) is 1.07. The lowest BCUT2D eigenvalue weighted by Gasteiger charge is -2.30. The van der Waals surface area contributed by atoms with Crippen LogP contribution < -0.4 is 0 Å². The minimum absolute atomic E-state index is 0.348. The first-order chi connectivity index (χ1) is 8.81. The minimum Gasteiger partial charge on any atom is -0.444 e. The number of amides is 1. The molecule has 0 atom stereocenters. The molecule has 0 aromatic carbocycles. The molecule has 0 fully saturated rings. The number of hydrogen-bond acceptors (Lipinski definition) is 4. The van der Waals surface area contributed by atoms with Gasteiger partial charge in [-0.25, -0.2) is 4.79 Å². The van der Waals surface area contributed by atoms with E-state index < -0.39 is 5.60 Å². The smallest absolute Gasteiger partial charge is 0.410 e. The average Bonchev–Trinajstić information content (AvgIpc) is 2.63. The molecule has 1 aromatic heterocycles. The van der Waals surface area contributed by atoms with Crippen molar-refractivity contribution in [3.05, 3.63) is 17.0 Å². The number of rotatable bonds is 1. The second-order valence-electron chi connectivity index (χ2n) is 5.70. The van der Waals surface area contributed by atoms with E-state index in [4.69, 9.17) is 4.74 Å². The minimum atomic E-state index is -0.514. The van der Waals surface area contributed by atoms with Crippen molar-refractivity contribution in [3.8, 4) is 0 Å². The maximum Gasteiger partial charge on any atom is 0.410 e. The van der Waals surface area contributed by atoms with Gasteiger partial charge in [0, 0.05) is 31.3 Å². The van der Waals surface area contributed by atoms with E-state index in [0.717, 1.165) is 17.5 Å². The van der Waals surface area contributed by atoms with Gasteiger partial charge in [0.2, 0.25) is 0 Å². The molecule has 0 saturated heterocycles. The molecule has 104 valence electrons. The van der Waals surface area contributed by atoms with Crippen LogP contribution in [-0.2, 0) is 24.8 Å². The quantitative estimate of drug-likeness (QED) is 0.722. The van der Waals surface area contributed by atoms with Crippen molar-refractivity contribution in [1.29, 1.82) is 0 Å². The molecule has 6 nitrogen and oxygen atoms in total. The summed E-state index contributed by atoms with van der Waals surface area (Å²) in [7, 11) is 1.81. The summed E-state index contributed by atoms with van der Waals surface area (Å²) in [5.74, 6) is 0. The third kappa shape index (κ3) is 2.77. The van der Waals surface area contributed by atoms with Gasteiger partial charge in [-0.15, -0.1) is 0 Å². The monoisotopic (exact) mass is 265 g/mol. The fourth-order valence-corrected chi connectivity index (χ4v) is 2.20. The number of fused-ring (bicyclic) bond motifs is 1. The number of nitrogens with zero attached hydrogens (tertiary/aromatic N) is 3. The zero-order valence-electron chi connectivity index (χ0n) is 11.8. The highest BCUT2D eigenvalue weighted by molar-refractivity contribution is 5.76. The van der Waals surface area contributed by atoms with Crippen LogP contribution in [-0.4, -0.2) is 39.2 Å². The second-order valence-corrected chi connectivity index (χ2v) is 5.70. The molecule has 0 bridgehead atoms. The predicted molar refractivity (Wildman–Crippen MR) is 68.9 cm³/mol. The van der Waals surface area contributed by atoms with E-state index in [9.17, 15) is 9.59 Å². The van der Waals surface area contributed by atoms with E-state index in [-0.39, 0.29) is 6.09 Å². The molecule has 0 saturated carbocycles. The normalized spacial score (nSPS) is 15.1. The van der Waals surface area contributed by atoms with E-state index in [1.165, 1.54) is 0 Å². The van der Waals surface area contributed by atoms with Crippen LogP contribution in [0.3, 0.4) is 0 Å². The Morgan fingerprint density at radius 2 is 2.11 bits per heavy atom. The van der Waals surface area contributed by atoms with Crippen LogP contribution in [0.2, 0.25) is 0 Å². The first-order valence-electron chi connectivity index (χ1n) is 6.29. The summed E-state index contributed by atoms with van der Waals surface area (Å²) in [5, 5.41) is 4.15. The van der Waals surface area contributed by atoms with Gasteiger partial charge in [-0.05, 0) is 20.8 Å².